The first kappa shape index (κ1) is 14.5. The van der Waals surface area contributed by atoms with E-state index in [0.29, 0.717) is 18.8 Å². The number of aliphatic hydroxyl groups is 1. The monoisotopic (exact) mass is 283 g/mol. The molecule has 5 heteroatoms. The van der Waals surface area contributed by atoms with Crippen molar-refractivity contribution < 1.29 is 13.5 Å². The fourth-order valence-corrected chi connectivity index (χ4v) is 3.51. The summed E-state index contributed by atoms with van der Waals surface area (Å²) in [7, 11) is -3.52. The number of sulfonamides is 1. The molecule has 0 atom stereocenters. The van der Waals surface area contributed by atoms with Gasteiger partial charge in [-0.2, -0.15) is 0 Å². The molecule has 0 radical (unpaired) electrons. The van der Waals surface area contributed by atoms with Gasteiger partial charge in [0.15, 0.2) is 0 Å². The second-order valence-corrected chi connectivity index (χ2v) is 7.47. The van der Waals surface area contributed by atoms with Crippen LogP contribution in [0.25, 0.3) is 0 Å². The molecule has 1 aromatic rings. The SMILES string of the molecule is CC(C)Cc1ccc(S(=O)(=O)NC2(CO)CC2)cc1. The molecule has 2 rings (SSSR count). The number of aliphatic hydroxyl groups excluding tert-OH is 1. The molecule has 0 amide bonds. The quantitative estimate of drug-likeness (QED) is 0.835. The lowest BCUT2D eigenvalue weighted by Crippen LogP contribution is -2.39. The van der Waals surface area contributed by atoms with E-state index in [1.54, 1.807) is 12.1 Å². The Morgan fingerprint density at radius 2 is 1.84 bits per heavy atom. The maximum atomic E-state index is 12.2. The largest absolute Gasteiger partial charge is 0.394 e. The third-order valence-corrected chi connectivity index (χ3v) is 4.98. The van der Waals surface area contributed by atoms with E-state index in [-0.39, 0.29) is 11.5 Å². The van der Waals surface area contributed by atoms with Crippen LogP contribution in [0.1, 0.15) is 32.3 Å². The average molecular weight is 283 g/mol. The van der Waals surface area contributed by atoms with Gasteiger partial charge in [-0.1, -0.05) is 26.0 Å². The highest BCUT2D eigenvalue weighted by Gasteiger charge is 2.45. The number of hydrogen-bond acceptors (Lipinski definition) is 3. The van der Waals surface area contributed by atoms with E-state index in [2.05, 4.69) is 18.6 Å². The van der Waals surface area contributed by atoms with E-state index in [1.807, 2.05) is 12.1 Å². The van der Waals surface area contributed by atoms with Gasteiger partial charge in [0.25, 0.3) is 0 Å². The van der Waals surface area contributed by atoms with Crippen LogP contribution >= 0.6 is 0 Å². The summed E-state index contributed by atoms with van der Waals surface area (Å²) in [5, 5.41) is 9.18. The molecule has 106 valence electrons. The van der Waals surface area contributed by atoms with E-state index < -0.39 is 15.6 Å². The maximum Gasteiger partial charge on any atom is 0.241 e. The van der Waals surface area contributed by atoms with Crippen molar-refractivity contribution >= 4 is 10.0 Å². The van der Waals surface area contributed by atoms with Gasteiger partial charge >= 0.3 is 0 Å². The van der Waals surface area contributed by atoms with E-state index in [4.69, 9.17) is 0 Å². The minimum Gasteiger partial charge on any atom is -0.394 e. The molecule has 1 aliphatic carbocycles. The summed E-state index contributed by atoms with van der Waals surface area (Å²) in [6.07, 6.45) is 2.34. The first-order valence-electron chi connectivity index (χ1n) is 6.61. The fourth-order valence-electron chi connectivity index (χ4n) is 2.06. The second kappa shape index (κ2) is 5.23. The molecule has 0 spiro atoms. The van der Waals surface area contributed by atoms with Crippen LogP contribution in [0, 0.1) is 5.92 Å². The first-order chi connectivity index (χ1) is 8.87. The van der Waals surface area contributed by atoms with Crippen LogP contribution in [0.3, 0.4) is 0 Å². The Labute approximate surface area is 114 Å². The molecule has 1 saturated carbocycles. The molecular formula is C14H21NO3S. The van der Waals surface area contributed by atoms with Crippen LogP contribution in [0.4, 0.5) is 0 Å². The van der Waals surface area contributed by atoms with Crippen LogP contribution in [-0.2, 0) is 16.4 Å². The molecule has 0 bridgehead atoms. The Morgan fingerprint density at radius 3 is 2.26 bits per heavy atom. The predicted molar refractivity (Wildman–Crippen MR) is 74.4 cm³/mol. The Kier molecular flexibility index (Phi) is 3.99. The minimum absolute atomic E-state index is 0.141. The lowest BCUT2D eigenvalue weighted by Gasteiger charge is -2.15. The third-order valence-electron chi connectivity index (χ3n) is 3.38. The number of benzene rings is 1. The Hall–Kier alpha value is -0.910. The molecule has 0 aliphatic heterocycles. The lowest BCUT2D eigenvalue weighted by molar-refractivity contribution is 0.246. The molecule has 1 aromatic carbocycles. The number of rotatable bonds is 6. The van der Waals surface area contributed by atoms with Gasteiger partial charge in [-0.05, 0) is 42.9 Å². The van der Waals surface area contributed by atoms with Gasteiger partial charge in [0.1, 0.15) is 0 Å². The molecule has 0 heterocycles. The summed E-state index contributed by atoms with van der Waals surface area (Å²) in [5.41, 5.74) is 0.521. The molecule has 2 N–H and O–H groups in total. The van der Waals surface area contributed by atoms with Gasteiger partial charge in [-0.15, -0.1) is 0 Å². The van der Waals surface area contributed by atoms with Crippen LogP contribution < -0.4 is 4.72 Å². The van der Waals surface area contributed by atoms with E-state index in [1.165, 1.54) is 0 Å². The van der Waals surface area contributed by atoms with Crippen LogP contribution in [0.5, 0.6) is 0 Å². The zero-order valence-corrected chi connectivity index (χ0v) is 12.2. The molecular weight excluding hydrogens is 262 g/mol. The maximum absolute atomic E-state index is 12.2. The topological polar surface area (TPSA) is 66.4 Å². The zero-order chi connectivity index (χ0) is 14.1. The summed E-state index contributed by atoms with van der Waals surface area (Å²) >= 11 is 0. The smallest absolute Gasteiger partial charge is 0.241 e. The highest BCUT2D eigenvalue weighted by Crippen LogP contribution is 2.36. The number of nitrogens with one attached hydrogen (secondary N) is 1. The van der Waals surface area contributed by atoms with Crippen molar-refractivity contribution in [2.75, 3.05) is 6.61 Å². The molecule has 1 fully saturated rings. The van der Waals surface area contributed by atoms with Crippen molar-refractivity contribution in [1.82, 2.24) is 4.72 Å². The van der Waals surface area contributed by atoms with Gasteiger partial charge in [-0.3, -0.25) is 0 Å². The average Bonchev–Trinajstić information content (AvgIpc) is 3.09. The van der Waals surface area contributed by atoms with Crippen molar-refractivity contribution in [2.24, 2.45) is 5.92 Å². The Bertz CT molecular complexity index is 530. The van der Waals surface area contributed by atoms with Crippen molar-refractivity contribution in [3.05, 3.63) is 29.8 Å². The van der Waals surface area contributed by atoms with E-state index >= 15 is 0 Å². The Morgan fingerprint density at radius 1 is 1.26 bits per heavy atom. The minimum atomic E-state index is -3.52. The summed E-state index contributed by atoms with van der Waals surface area (Å²) in [4.78, 5) is 0.264. The van der Waals surface area contributed by atoms with Gasteiger partial charge in [-0.25, -0.2) is 13.1 Å². The highest BCUT2D eigenvalue weighted by atomic mass is 32.2. The molecule has 1 aliphatic rings. The summed E-state index contributed by atoms with van der Waals surface area (Å²) in [6, 6.07) is 6.97. The third kappa shape index (κ3) is 3.55. The van der Waals surface area contributed by atoms with Crippen molar-refractivity contribution in [2.45, 2.75) is 43.5 Å². The van der Waals surface area contributed by atoms with Crippen LogP contribution in [-0.4, -0.2) is 25.7 Å². The molecule has 0 saturated heterocycles. The summed E-state index contributed by atoms with van der Waals surface area (Å²) < 4.78 is 26.9. The molecule has 0 aromatic heterocycles. The van der Waals surface area contributed by atoms with Crippen molar-refractivity contribution in [3.63, 3.8) is 0 Å². The van der Waals surface area contributed by atoms with E-state index in [0.717, 1.165) is 12.0 Å². The van der Waals surface area contributed by atoms with E-state index in [9.17, 15) is 13.5 Å². The van der Waals surface area contributed by atoms with Crippen molar-refractivity contribution in [1.29, 1.82) is 0 Å². The fraction of sp³-hybridized carbons (Fsp3) is 0.571. The molecule has 4 nitrogen and oxygen atoms in total. The highest BCUT2D eigenvalue weighted by molar-refractivity contribution is 7.89. The van der Waals surface area contributed by atoms with Gasteiger partial charge < -0.3 is 5.11 Å². The first-order valence-corrected chi connectivity index (χ1v) is 8.09. The van der Waals surface area contributed by atoms with Crippen LogP contribution in [0.15, 0.2) is 29.2 Å². The van der Waals surface area contributed by atoms with Gasteiger partial charge in [0, 0.05) is 0 Å². The Balaban J connectivity index is 2.12. The predicted octanol–water partition coefficient (Wildman–Crippen LogP) is 1.69. The van der Waals surface area contributed by atoms with Crippen molar-refractivity contribution in [3.8, 4) is 0 Å². The van der Waals surface area contributed by atoms with Gasteiger partial charge in [0.2, 0.25) is 10.0 Å². The standard InChI is InChI=1S/C14H21NO3S/c1-11(2)9-12-3-5-13(6-4-12)19(17,18)15-14(10-16)7-8-14/h3-6,11,15-16H,7-10H2,1-2H3. The summed E-state index contributed by atoms with van der Waals surface area (Å²) in [5.74, 6) is 0.546. The molecule has 0 unspecified atom stereocenters. The lowest BCUT2D eigenvalue weighted by atomic mass is 10.0. The number of hydrogen-bond donors (Lipinski definition) is 2. The van der Waals surface area contributed by atoms with Crippen LogP contribution in [0.2, 0.25) is 0 Å². The van der Waals surface area contributed by atoms with Gasteiger partial charge in [0.05, 0.1) is 17.0 Å². The second-order valence-electron chi connectivity index (χ2n) is 5.79. The normalized spacial score (nSPS) is 17.7. The molecule has 19 heavy (non-hydrogen) atoms. The summed E-state index contributed by atoms with van der Waals surface area (Å²) in [6.45, 7) is 4.12. The zero-order valence-electron chi connectivity index (χ0n) is 11.4.